The van der Waals surface area contributed by atoms with Gasteiger partial charge in [-0.1, -0.05) is 51.5 Å². The summed E-state index contributed by atoms with van der Waals surface area (Å²) in [7, 11) is 0. The van der Waals surface area contributed by atoms with Gasteiger partial charge in [-0.25, -0.2) is 0 Å². The van der Waals surface area contributed by atoms with Crippen molar-refractivity contribution in [2.45, 2.75) is 52.5 Å². The second-order valence-corrected chi connectivity index (χ2v) is 6.68. The SMILES string of the molecule is Cc1cc([C@@H]2C[C@H](C)CN2)cc(C(C)(C)C)c1. The summed E-state index contributed by atoms with van der Waals surface area (Å²) in [5, 5.41) is 3.63. The molecule has 1 heterocycles. The standard InChI is InChI=1S/C16H25N/c1-11-6-13(15-8-12(2)10-17-15)9-14(7-11)16(3,4)5/h6-7,9,12,15,17H,8,10H2,1-5H3/t12-,15-/m0/s1. The van der Waals surface area contributed by atoms with Crippen LogP contribution >= 0.6 is 0 Å². The molecule has 1 aromatic rings. The van der Waals surface area contributed by atoms with Crippen molar-refractivity contribution in [2.24, 2.45) is 5.92 Å². The third-order valence-corrected chi connectivity index (χ3v) is 3.72. The maximum atomic E-state index is 3.63. The van der Waals surface area contributed by atoms with E-state index in [9.17, 15) is 0 Å². The molecule has 1 heteroatoms. The Bertz CT molecular complexity index is 400. The van der Waals surface area contributed by atoms with Crippen LogP contribution in [0.4, 0.5) is 0 Å². The smallest absolute Gasteiger partial charge is 0.0323 e. The molecular formula is C16H25N. The zero-order valence-corrected chi connectivity index (χ0v) is 11.8. The Morgan fingerprint density at radius 2 is 1.88 bits per heavy atom. The molecule has 0 aromatic heterocycles. The summed E-state index contributed by atoms with van der Waals surface area (Å²) >= 11 is 0. The van der Waals surface area contributed by atoms with E-state index in [-0.39, 0.29) is 5.41 Å². The summed E-state index contributed by atoms with van der Waals surface area (Å²) in [6, 6.07) is 7.61. The molecule has 0 amide bonds. The first-order valence-electron chi connectivity index (χ1n) is 6.72. The lowest BCUT2D eigenvalue weighted by molar-refractivity contribution is 0.580. The largest absolute Gasteiger partial charge is 0.310 e. The van der Waals surface area contributed by atoms with E-state index in [4.69, 9.17) is 0 Å². The zero-order valence-electron chi connectivity index (χ0n) is 11.8. The summed E-state index contributed by atoms with van der Waals surface area (Å²) in [5.74, 6) is 0.804. The second-order valence-electron chi connectivity index (χ2n) is 6.68. The topological polar surface area (TPSA) is 12.0 Å². The number of nitrogens with one attached hydrogen (secondary N) is 1. The number of aryl methyl sites for hydroxylation is 1. The van der Waals surface area contributed by atoms with Crippen molar-refractivity contribution in [2.75, 3.05) is 6.54 Å². The lowest BCUT2D eigenvalue weighted by Gasteiger charge is -2.22. The van der Waals surface area contributed by atoms with Crippen LogP contribution in [0.25, 0.3) is 0 Å². The maximum Gasteiger partial charge on any atom is 0.0323 e. The van der Waals surface area contributed by atoms with Crippen LogP contribution < -0.4 is 5.32 Å². The summed E-state index contributed by atoms with van der Waals surface area (Å²) in [4.78, 5) is 0. The van der Waals surface area contributed by atoms with Gasteiger partial charge in [-0.05, 0) is 42.3 Å². The molecule has 2 rings (SSSR count). The van der Waals surface area contributed by atoms with Crippen molar-refractivity contribution >= 4 is 0 Å². The highest BCUT2D eigenvalue weighted by molar-refractivity contribution is 5.35. The van der Waals surface area contributed by atoms with Gasteiger partial charge in [0.25, 0.3) is 0 Å². The third-order valence-electron chi connectivity index (χ3n) is 3.72. The minimum absolute atomic E-state index is 0.241. The highest BCUT2D eigenvalue weighted by Crippen LogP contribution is 2.31. The predicted molar refractivity (Wildman–Crippen MR) is 74.4 cm³/mol. The normalized spacial score (nSPS) is 25.2. The molecule has 1 aromatic carbocycles. The summed E-state index contributed by atoms with van der Waals surface area (Å²) in [6.45, 7) is 12.6. The maximum absolute atomic E-state index is 3.63. The molecule has 0 spiro atoms. The van der Waals surface area contributed by atoms with E-state index in [1.807, 2.05) is 0 Å². The van der Waals surface area contributed by atoms with Crippen molar-refractivity contribution in [3.8, 4) is 0 Å². The van der Waals surface area contributed by atoms with E-state index in [0.29, 0.717) is 6.04 Å². The second kappa shape index (κ2) is 4.45. The van der Waals surface area contributed by atoms with Gasteiger partial charge in [0.05, 0.1) is 0 Å². The molecule has 17 heavy (non-hydrogen) atoms. The lowest BCUT2D eigenvalue weighted by atomic mass is 9.84. The van der Waals surface area contributed by atoms with Crippen LogP contribution in [0.1, 0.15) is 56.8 Å². The fraction of sp³-hybridized carbons (Fsp3) is 0.625. The Morgan fingerprint density at radius 1 is 1.18 bits per heavy atom. The van der Waals surface area contributed by atoms with E-state index < -0.39 is 0 Å². The Balaban J connectivity index is 2.32. The number of benzene rings is 1. The minimum Gasteiger partial charge on any atom is -0.310 e. The lowest BCUT2D eigenvalue weighted by Crippen LogP contribution is -2.16. The molecule has 1 aliphatic heterocycles. The molecular weight excluding hydrogens is 206 g/mol. The summed E-state index contributed by atoms with van der Waals surface area (Å²) in [5.41, 5.74) is 4.55. The van der Waals surface area contributed by atoms with Gasteiger partial charge in [0, 0.05) is 6.04 Å². The Kier molecular flexibility index (Phi) is 3.31. The first-order valence-corrected chi connectivity index (χ1v) is 6.72. The number of hydrogen-bond acceptors (Lipinski definition) is 1. The predicted octanol–water partition coefficient (Wildman–Crippen LogP) is 3.96. The van der Waals surface area contributed by atoms with Gasteiger partial charge in [-0.3, -0.25) is 0 Å². The zero-order chi connectivity index (χ0) is 12.6. The number of hydrogen-bond donors (Lipinski definition) is 1. The van der Waals surface area contributed by atoms with Crippen molar-refractivity contribution in [3.05, 3.63) is 34.9 Å². The minimum atomic E-state index is 0.241. The van der Waals surface area contributed by atoms with Gasteiger partial charge in [-0.15, -0.1) is 0 Å². The van der Waals surface area contributed by atoms with E-state index >= 15 is 0 Å². The molecule has 94 valence electrons. The van der Waals surface area contributed by atoms with Crippen LogP contribution in [0.3, 0.4) is 0 Å². The van der Waals surface area contributed by atoms with E-state index in [0.717, 1.165) is 12.5 Å². The van der Waals surface area contributed by atoms with Gasteiger partial charge in [0.15, 0.2) is 0 Å². The van der Waals surface area contributed by atoms with Gasteiger partial charge >= 0.3 is 0 Å². The average molecular weight is 231 g/mol. The van der Waals surface area contributed by atoms with Gasteiger partial charge < -0.3 is 5.32 Å². The fourth-order valence-electron chi connectivity index (χ4n) is 2.61. The molecule has 1 fully saturated rings. The molecule has 1 saturated heterocycles. The first kappa shape index (κ1) is 12.6. The van der Waals surface area contributed by atoms with Crippen molar-refractivity contribution in [3.63, 3.8) is 0 Å². The number of rotatable bonds is 1. The molecule has 1 nitrogen and oxygen atoms in total. The van der Waals surface area contributed by atoms with E-state index in [2.05, 4.69) is 58.1 Å². The van der Waals surface area contributed by atoms with Gasteiger partial charge in [0.2, 0.25) is 0 Å². The Hall–Kier alpha value is -0.820. The van der Waals surface area contributed by atoms with Gasteiger partial charge in [0.1, 0.15) is 0 Å². The Morgan fingerprint density at radius 3 is 2.41 bits per heavy atom. The van der Waals surface area contributed by atoms with Crippen LogP contribution in [0.2, 0.25) is 0 Å². The molecule has 0 aliphatic carbocycles. The molecule has 0 radical (unpaired) electrons. The van der Waals surface area contributed by atoms with Crippen LogP contribution in [0.15, 0.2) is 18.2 Å². The van der Waals surface area contributed by atoms with Crippen LogP contribution in [-0.4, -0.2) is 6.54 Å². The van der Waals surface area contributed by atoms with Crippen molar-refractivity contribution < 1.29 is 0 Å². The van der Waals surface area contributed by atoms with Crippen LogP contribution in [-0.2, 0) is 5.41 Å². The molecule has 0 saturated carbocycles. The van der Waals surface area contributed by atoms with E-state index in [1.54, 1.807) is 0 Å². The fourth-order valence-corrected chi connectivity index (χ4v) is 2.61. The average Bonchev–Trinajstić information content (AvgIpc) is 2.62. The highest BCUT2D eigenvalue weighted by atomic mass is 14.9. The van der Waals surface area contributed by atoms with E-state index in [1.165, 1.54) is 23.1 Å². The van der Waals surface area contributed by atoms with Crippen LogP contribution in [0, 0.1) is 12.8 Å². The summed E-state index contributed by atoms with van der Waals surface area (Å²) < 4.78 is 0. The Labute approximate surface area is 106 Å². The summed E-state index contributed by atoms with van der Waals surface area (Å²) in [6.07, 6.45) is 1.27. The molecule has 1 N–H and O–H groups in total. The van der Waals surface area contributed by atoms with Gasteiger partial charge in [-0.2, -0.15) is 0 Å². The molecule has 2 atom stereocenters. The molecule has 1 aliphatic rings. The monoisotopic (exact) mass is 231 g/mol. The van der Waals surface area contributed by atoms with Crippen LogP contribution in [0.5, 0.6) is 0 Å². The van der Waals surface area contributed by atoms with Crippen molar-refractivity contribution in [1.82, 2.24) is 5.32 Å². The molecule has 0 bridgehead atoms. The van der Waals surface area contributed by atoms with Crippen molar-refractivity contribution in [1.29, 1.82) is 0 Å². The molecule has 0 unspecified atom stereocenters. The first-order chi connectivity index (χ1) is 7.86. The third kappa shape index (κ3) is 2.90. The quantitative estimate of drug-likeness (QED) is 0.771. The highest BCUT2D eigenvalue weighted by Gasteiger charge is 2.23.